The molecule has 2 heterocycles. The number of ether oxygens (including phenoxy) is 2. The van der Waals surface area contributed by atoms with Crippen LogP contribution in [0.1, 0.15) is 32.3 Å². The van der Waals surface area contributed by atoms with Gasteiger partial charge in [0.1, 0.15) is 0 Å². The van der Waals surface area contributed by atoms with Crippen molar-refractivity contribution in [3.63, 3.8) is 0 Å². The number of carbonyl (C=O) groups is 1. The molecule has 0 spiro atoms. The van der Waals surface area contributed by atoms with Crippen molar-refractivity contribution >= 4 is 5.91 Å². The highest BCUT2D eigenvalue weighted by Gasteiger charge is 2.21. The molecule has 3 rings (SSSR count). The number of fused-ring (bicyclic) bond motifs is 1. The van der Waals surface area contributed by atoms with E-state index in [2.05, 4.69) is 36.2 Å². The van der Waals surface area contributed by atoms with Crippen LogP contribution in [0, 0.1) is 5.92 Å². The molecule has 1 aromatic carbocycles. The highest BCUT2D eigenvalue weighted by Crippen LogP contribution is 2.32. The number of amides is 1. The molecule has 144 valence electrons. The van der Waals surface area contributed by atoms with Crippen LogP contribution in [0.25, 0.3) is 0 Å². The van der Waals surface area contributed by atoms with Gasteiger partial charge in [0.05, 0.1) is 0 Å². The SMILES string of the molecule is CC(C)CCNCCC(=O)N1CCN(Cc2ccc3c(c2)OCO3)CC1. The van der Waals surface area contributed by atoms with Gasteiger partial charge in [-0.25, -0.2) is 0 Å². The number of hydrogen-bond donors (Lipinski definition) is 1. The van der Waals surface area contributed by atoms with Crippen LogP contribution >= 0.6 is 0 Å². The van der Waals surface area contributed by atoms with Gasteiger partial charge in [-0.15, -0.1) is 0 Å². The fourth-order valence-electron chi connectivity index (χ4n) is 3.32. The van der Waals surface area contributed by atoms with Crippen LogP contribution in [0.4, 0.5) is 0 Å². The Labute approximate surface area is 156 Å². The van der Waals surface area contributed by atoms with E-state index in [-0.39, 0.29) is 5.91 Å². The average molecular weight is 361 g/mol. The van der Waals surface area contributed by atoms with Crippen molar-refractivity contribution in [3.05, 3.63) is 23.8 Å². The zero-order valence-corrected chi connectivity index (χ0v) is 16.0. The Bertz CT molecular complexity index is 598. The summed E-state index contributed by atoms with van der Waals surface area (Å²) in [5.41, 5.74) is 1.23. The first-order chi connectivity index (χ1) is 12.6. The Hall–Kier alpha value is -1.79. The van der Waals surface area contributed by atoms with Crippen molar-refractivity contribution in [1.29, 1.82) is 0 Å². The second-order valence-electron chi connectivity index (χ2n) is 7.53. The van der Waals surface area contributed by atoms with E-state index in [1.54, 1.807) is 0 Å². The molecule has 6 nitrogen and oxygen atoms in total. The molecular weight excluding hydrogens is 330 g/mol. The Balaban J connectivity index is 1.35. The van der Waals surface area contributed by atoms with Crippen LogP contribution in [0.3, 0.4) is 0 Å². The molecule has 1 saturated heterocycles. The number of benzene rings is 1. The van der Waals surface area contributed by atoms with Crippen LogP contribution in [0.15, 0.2) is 18.2 Å². The van der Waals surface area contributed by atoms with Crippen molar-refractivity contribution in [3.8, 4) is 11.5 Å². The van der Waals surface area contributed by atoms with E-state index < -0.39 is 0 Å². The number of hydrogen-bond acceptors (Lipinski definition) is 5. The lowest BCUT2D eigenvalue weighted by Gasteiger charge is -2.35. The Morgan fingerprint density at radius 1 is 1.12 bits per heavy atom. The summed E-state index contributed by atoms with van der Waals surface area (Å²) in [5.74, 6) is 2.63. The summed E-state index contributed by atoms with van der Waals surface area (Å²) in [6.07, 6.45) is 1.76. The molecule has 2 aliphatic heterocycles. The van der Waals surface area contributed by atoms with Crippen LogP contribution in [-0.4, -0.2) is 61.8 Å². The standard InChI is InChI=1S/C20H31N3O3/c1-16(2)5-7-21-8-6-20(24)23-11-9-22(10-12-23)14-17-3-4-18-19(13-17)26-15-25-18/h3-4,13,16,21H,5-12,14-15H2,1-2H3. The fraction of sp³-hybridized carbons (Fsp3) is 0.650. The predicted molar refractivity (Wildman–Crippen MR) is 101 cm³/mol. The highest BCUT2D eigenvalue weighted by molar-refractivity contribution is 5.76. The number of nitrogens with zero attached hydrogens (tertiary/aromatic N) is 2. The first-order valence-electron chi connectivity index (χ1n) is 9.71. The van der Waals surface area contributed by atoms with Gasteiger partial charge in [-0.2, -0.15) is 0 Å². The molecule has 1 amide bonds. The van der Waals surface area contributed by atoms with Gasteiger partial charge in [-0.1, -0.05) is 19.9 Å². The average Bonchev–Trinajstić information content (AvgIpc) is 3.09. The van der Waals surface area contributed by atoms with E-state index in [4.69, 9.17) is 9.47 Å². The van der Waals surface area contributed by atoms with E-state index in [1.807, 2.05) is 11.0 Å². The highest BCUT2D eigenvalue weighted by atomic mass is 16.7. The largest absolute Gasteiger partial charge is 0.454 e. The van der Waals surface area contributed by atoms with Gasteiger partial charge >= 0.3 is 0 Å². The van der Waals surface area contributed by atoms with Gasteiger partial charge in [0.2, 0.25) is 12.7 Å². The molecule has 0 unspecified atom stereocenters. The minimum absolute atomic E-state index is 0.268. The minimum atomic E-state index is 0.268. The predicted octanol–water partition coefficient (Wildman–Crippen LogP) is 2.09. The van der Waals surface area contributed by atoms with E-state index in [0.717, 1.165) is 63.7 Å². The summed E-state index contributed by atoms with van der Waals surface area (Å²) in [5, 5.41) is 3.37. The number of carbonyl (C=O) groups excluding carboxylic acids is 1. The third-order valence-electron chi connectivity index (χ3n) is 4.98. The first-order valence-corrected chi connectivity index (χ1v) is 9.71. The Morgan fingerprint density at radius 2 is 1.88 bits per heavy atom. The monoisotopic (exact) mass is 361 g/mol. The van der Waals surface area contributed by atoms with Gasteiger partial charge in [0, 0.05) is 45.7 Å². The third kappa shape index (κ3) is 5.35. The van der Waals surface area contributed by atoms with Crippen molar-refractivity contribution in [2.24, 2.45) is 5.92 Å². The maximum absolute atomic E-state index is 12.3. The molecule has 0 aromatic heterocycles. The lowest BCUT2D eigenvalue weighted by molar-refractivity contribution is -0.132. The molecule has 0 bridgehead atoms. The van der Waals surface area contributed by atoms with Crippen molar-refractivity contribution < 1.29 is 14.3 Å². The second kappa shape index (κ2) is 9.24. The topological polar surface area (TPSA) is 54.0 Å². The smallest absolute Gasteiger partial charge is 0.231 e. The molecule has 0 saturated carbocycles. The van der Waals surface area contributed by atoms with Crippen LogP contribution < -0.4 is 14.8 Å². The molecule has 0 aliphatic carbocycles. The summed E-state index contributed by atoms with van der Waals surface area (Å²) in [7, 11) is 0. The van der Waals surface area contributed by atoms with Crippen molar-refractivity contribution in [1.82, 2.24) is 15.1 Å². The molecule has 1 fully saturated rings. The van der Waals surface area contributed by atoms with Crippen LogP contribution in [0.5, 0.6) is 11.5 Å². The van der Waals surface area contributed by atoms with Gasteiger partial charge in [-0.3, -0.25) is 9.69 Å². The summed E-state index contributed by atoms with van der Waals surface area (Å²) >= 11 is 0. The molecule has 0 atom stereocenters. The zero-order chi connectivity index (χ0) is 18.4. The molecule has 0 radical (unpaired) electrons. The lowest BCUT2D eigenvalue weighted by atomic mass is 10.1. The summed E-state index contributed by atoms with van der Waals surface area (Å²) < 4.78 is 10.8. The van der Waals surface area contributed by atoms with Crippen LogP contribution in [-0.2, 0) is 11.3 Å². The quantitative estimate of drug-likeness (QED) is 0.719. The maximum atomic E-state index is 12.3. The Kier molecular flexibility index (Phi) is 6.74. The van der Waals surface area contributed by atoms with E-state index in [1.165, 1.54) is 5.56 Å². The van der Waals surface area contributed by atoms with Gasteiger partial charge in [0.25, 0.3) is 0 Å². The molecule has 2 aliphatic rings. The summed E-state index contributed by atoms with van der Waals surface area (Å²) in [4.78, 5) is 16.7. The van der Waals surface area contributed by atoms with Crippen molar-refractivity contribution in [2.45, 2.75) is 33.2 Å². The fourth-order valence-corrected chi connectivity index (χ4v) is 3.32. The van der Waals surface area contributed by atoms with Crippen LogP contribution in [0.2, 0.25) is 0 Å². The normalized spacial score (nSPS) is 17.1. The van der Waals surface area contributed by atoms with Crippen molar-refractivity contribution in [2.75, 3.05) is 46.1 Å². The Morgan fingerprint density at radius 3 is 2.65 bits per heavy atom. The van der Waals surface area contributed by atoms with Gasteiger partial charge in [0.15, 0.2) is 11.5 Å². The van der Waals surface area contributed by atoms with E-state index in [9.17, 15) is 4.79 Å². The minimum Gasteiger partial charge on any atom is -0.454 e. The third-order valence-corrected chi connectivity index (χ3v) is 4.98. The van der Waals surface area contributed by atoms with E-state index >= 15 is 0 Å². The number of piperazine rings is 1. The summed E-state index contributed by atoms with van der Waals surface area (Å²) in [6, 6.07) is 6.13. The zero-order valence-electron chi connectivity index (χ0n) is 16.0. The van der Waals surface area contributed by atoms with Gasteiger partial charge < -0.3 is 19.7 Å². The van der Waals surface area contributed by atoms with E-state index in [0.29, 0.717) is 19.1 Å². The number of rotatable bonds is 8. The molecule has 6 heteroatoms. The number of nitrogens with one attached hydrogen (secondary N) is 1. The lowest BCUT2D eigenvalue weighted by Crippen LogP contribution is -2.48. The molecule has 1 aromatic rings. The molecule has 1 N–H and O–H groups in total. The maximum Gasteiger partial charge on any atom is 0.231 e. The van der Waals surface area contributed by atoms with Gasteiger partial charge in [-0.05, 0) is 36.6 Å². The molecule has 26 heavy (non-hydrogen) atoms. The molecular formula is C20H31N3O3. The second-order valence-corrected chi connectivity index (χ2v) is 7.53. The summed E-state index contributed by atoms with van der Waals surface area (Å²) in [6.45, 7) is 10.9. The first kappa shape index (κ1) is 19.0.